The first-order chi connectivity index (χ1) is 19.6. The van der Waals surface area contributed by atoms with Crippen molar-refractivity contribution in [3.63, 3.8) is 0 Å². The van der Waals surface area contributed by atoms with Crippen molar-refractivity contribution >= 4 is 16.8 Å². The van der Waals surface area contributed by atoms with Crippen molar-refractivity contribution in [2.45, 2.75) is 25.6 Å². The van der Waals surface area contributed by atoms with Gasteiger partial charge in [0.1, 0.15) is 18.1 Å². The van der Waals surface area contributed by atoms with E-state index in [1.54, 1.807) is 0 Å². The van der Waals surface area contributed by atoms with Gasteiger partial charge in [-0.25, -0.2) is 0 Å². The molecule has 2 aliphatic heterocycles. The number of pyridine rings is 1. The highest BCUT2D eigenvalue weighted by atomic mass is 16.5. The normalized spacial score (nSPS) is 17.1. The fraction of sp³-hybridized carbons (Fsp3) is 0.333. The summed E-state index contributed by atoms with van der Waals surface area (Å²) >= 11 is 0. The van der Waals surface area contributed by atoms with E-state index in [-0.39, 0.29) is 12.0 Å². The number of fused-ring (bicyclic) bond motifs is 2. The molecule has 206 valence electrons. The molecule has 2 aliphatic rings. The zero-order valence-electron chi connectivity index (χ0n) is 23.0. The molecular formula is C33H36N4O3. The maximum Gasteiger partial charge on any atom is 0.264 e. The van der Waals surface area contributed by atoms with Crippen molar-refractivity contribution in [2.24, 2.45) is 0 Å². The van der Waals surface area contributed by atoms with Crippen LogP contribution < -0.4 is 9.47 Å². The molecule has 3 heterocycles. The van der Waals surface area contributed by atoms with Crippen molar-refractivity contribution in [3.8, 4) is 11.5 Å². The second-order valence-electron chi connectivity index (χ2n) is 10.8. The maximum absolute atomic E-state index is 13.0. The van der Waals surface area contributed by atoms with Gasteiger partial charge in [-0.2, -0.15) is 0 Å². The third-order valence-corrected chi connectivity index (χ3v) is 7.78. The predicted octanol–water partition coefficient (Wildman–Crippen LogP) is 4.39. The number of carbonyl (C=O) groups excluding carboxylic acids is 1. The number of carbonyl (C=O) groups is 1. The van der Waals surface area contributed by atoms with Gasteiger partial charge in [0.05, 0.1) is 5.52 Å². The van der Waals surface area contributed by atoms with Gasteiger partial charge in [0, 0.05) is 63.8 Å². The summed E-state index contributed by atoms with van der Waals surface area (Å²) in [5, 5.41) is 1.18. The number of nitrogens with zero attached hydrogens (tertiary/aromatic N) is 4. The van der Waals surface area contributed by atoms with Crippen molar-refractivity contribution in [2.75, 3.05) is 46.4 Å². The molecule has 40 heavy (non-hydrogen) atoms. The predicted molar refractivity (Wildman–Crippen MR) is 156 cm³/mol. The summed E-state index contributed by atoms with van der Waals surface area (Å²) in [6.07, 6.45) is 2.12. The number of hydrogen-bond acceptors (Lipinski definition) is 6. The Morgan fingerprint density at radius 3 is 2.55 bits per heavy atom. The molecule has 7 heteroatoms. The van der Waals surface area contributed by atoms with Crippen molar-refractivity contribution in [1.82, 2.24) is 19.7 Å². The van der Waals surface area contributed by atoms with Crippen molar-refractivity contribution in [3.05, 3.63) is 102 Å². The van der Waals surface area contributed by atoms with Crippen LogP contribution in [0.3, 0.4) is 0 Å². The zero-order chi connectivity index (χ0) is 27.3. The monoisotopic (exact) mass is 536 g/mol. The molecule has 0 aliphatic carbocycles. The quantitative estimate of drug-likeness (QED) is 0.316. The number of rotatable bonds is 9. The van der Waals surface area contributed by atoms with Crippen LogP contribution in [0.2, 0.25) is 0 Å². The van der Waals surface area contributed by atoms with Crippen molar-refractivity contribution in [1.29, 1.82) is 0 Å². The molecule has 0 saturated carbocycles. The topological polar surface area (TPSA) is 58.1 Å². The second kappa shape index (κ2) is 12.1. The van der Waals surface area contributed by atoms with Crippen LogP contribution in [0.5, 0.6) is 11.5 Å². The van der Waals surface area contributed by atoms with Crippen LogP contribution in [0.4, 0.5) is 0 Å². The minimum atomic E-state index is -0.383. The van der Waals surface area contributed by atoms with Gasteiger partial charge in [-0.05, 0) is 60.1 Å². The van der Waals surface area contributed by atoms with E-state index in [1.165, 1.54) is 16.5 Å². The first-order valence-electron chi connectivity index (χ1n) is 14.1. The molecule has 1 saturated heterocycles. The van der Waals surface area contributed by atoms with Crippen LogP contribution in [0.15, 0.2) is 85.1 Å². The summed E-state index contributed by atoms with van der Waals surface area (Å²) in [4.78, 5) is 24.0. The number of benzene rings is 3. The smallest absolute Gasteiger partial charge is 0.264 e. The minimum Gasteiger partial charge on any atom is -0.492 e. The van der Waals surface area contributed by atoms with Gasteiger partial charge < -0.3 is 14.4 Å². The highest BCUT2D eigenvalue weighted by molar-refractivity contribution is 5.83. The Balaban J connectivity index is 0.902. The van der Waals surface area contributed by atoms with Crippen molar-refractivity contribution < 1.29 is 14.3 Å². The van der Waals surface area contributed by atoms with E-state index in [0.717, 1.165) is 68.4 Å². The molecule has 1 atom stereocenters. The molecule has 1 unspecified atom stereocenters. The van der Waals surface area contributed by atoms with Crippen LogP contribution >= 0.6 is 0 Å². The third-order valence-electron chi connectivity index (χ3n) is 7.78. The van der Waals surface area contributed by atoms with Crippen LogP contribution in [-0.4, -0.2) is 78.1 Å². The highest BCUT2D eigenvalue weighted by Gasteiger charge is 2.33. The average molecular weight is 537 g/mol. The SMILES string of the molecule is CN(Cc1ccc(OCCN2CCN(C(=O)C3Cc4ccccc4O3)CC2)cc1)Cc1ccc2ncccc2c1. The average Bonchev–Trinajstić information content (AvgIpc) is 3.42. The Morgan fingerprint density at radius 2 is 1.73 bits per heavy atom. The number of hydrogen-bond donors (Lipinski definition) is 0. The lowest BCUT2D eigenvalue weighted by atomic mass is 10.1. The molecule has 7 nitrogen and oxygen atoms in total. The van der Waals surface area contributed by atoms with E-state index in [9.17, 15) is 4.79 Å². The largest absolute Gasteiger partial charge is 0.492 e. The molecule has 6 rings (SSSR count). The maximum atomic E-state index is 13.0. The molecule has 0 radical (unpaired) electrons. The molecular weight excluding hydrogens is 500 g/mol. The number of piperazine rings is 1. The molecule has 1 fully saturated rings. The fourth-order valence-corrected chi connectivity index (χ4v) is 5.60. The Labute approximate surface area is 235 Å². The first kappa shape index (κ1) is 26.3. The van der Waals surface area contributed by atoms with Crippen LogP contribution in [0, 0.1) is 0 Å². The van der Waals surface area contributed by atoms with Gasteiger partial charge in [-0.1, -0.05) is 42.5 Å². The lowest BCUT2D eigenvalue weighted by Gasteiger charge is -2.35. The standard InChI is InChI=1S/C33H36N4O3/c1-35(24-26-10-13-30-27(21-26)6-4-14-34-30)23-25-8-11-29(12-9-25)39-20-19-36-15-17-37(18-16-36)33(38)32-22-28-5-2-3-7-31(28)40-32/h2-14,21,32H,15-20,22-24H2,1H3. The number of amides is 1. The van der Waals surface area contributed by atoms with E-state index in [1.807, 2.05) is 41.4 Å². The van der Waals surface area contributed by atoms with Gasteiger partial charge in [-0.3, -0.25) is 19.6 Å². The van der Waals surface area contributed by atoms with Gasteiger partial charge >= 0.3 is 0 Å². The van der Waals surface area contributed by atoms with E-state index in [2.05, 4.69) is 70.4 Å². The number of aromatic nitrogens is 1. The minimum absolute atomic E-state index is 0.104. The summed E-state index contributed by atoms with van der Waals surface area (Å²) in [7, 11) is 2.14. The molecule has 0 N–H and O–H groups in total. The second-order valence-corrected chi connectivity index (χ2v) is 10.8. The Kier molecular flexibility index (Phi) is 7.93. The molecule has 4 aromatic rings. The molecule has 0 bridgehead atoms. The van der Waals surface area contributed by atoms with E-state index in [0.29, 0.717) is 13.0 Å². The van der Waals surface area contributed by atoms with Gasteiger partial charge in [0.15, 0.2) is 6.10 Å². The van der Waals surface area contributed by atoms with Crippen LogP contribution in [0.1, 0.15) is 16.7 Å². The number of ether oxygens (including phenoxy) is 2. The molecule has 1 aromatic heterocycles. The highest BCUT2D eigenvalue weighted by Crippen LogP contribution is 2.29. The number of para-hydroxylation sites is 1. The summed E-state index contributed by atoms with van der Waals surface area (Å²) in [5.74, 6) is 1.84. The van der Waals surface area contributed by atoms with Crippen LogP contribution in [0.25, 0.3) is 10.9 Å². The fourth-order valence-electron chi connectivity index (χ4n) is 5.60. The lowest BCUT2D eigenvalue weighted by Crippen LogP contribution is -2.52. The lowest BCUT2D eigenvalue weighted by molar-refractivity contribution is -0.139. The van der Waals surface area contributed by atoms with Gasteiger partial charge in [-0.15, -0.1) is 0 Å². The summed E-state index contributed by atoms with van der Waals surface area (Å²) in [6, 6.07) is 26.9. The Hall–Kier alpha value is -3.94. The first-order valence-corrected chi connectivity index (χ1v) is 14.1. The van der Waals surface area contributed by atoms with Gasteiger partial charge in [0.2, 0.25) is 0 Å². The Morgan fingerprint density at radius 1 is 0.950 bits per heavy atom. The van der Waals surface area contributed by atoms with Crippen LogP contribution in [-0.2, 0) is 24.3 Å². The molecule has 1 amide bonds. The van der Waals surface area contributed by atoms with Gasteiger partial charge in [0.25, 0.3) is 5.91 Å². The summed E-state index contributed by atoms with van der Waals surface area (Å²) in [6.45, 7) is 6.39. The molecule has 0 spiro atoms. The Bertz CT molecular complexity index is 1420. The van der Waals surface area contributed by atoms with E-state index in [4.69, 9.17) is 9.47 Å². The van der Waals surface area contributed by atoms with E-state index >= 15 is 0 Å². The summed E-state index contributed by atoms with van der Waals surface area (Å²) in [5.41, 5.74) is 4.69. The third kappa shape index (κ3) is 6.27. The zero-order valence-corrected chi connectivity index (χ0v) is 23.0. The van der Waals surface area contributed by atoms with E-state index < -0.39 is 0 Å². The summed E-state index contributed by atoms with van der Waals surface area (Å²) < 4.78 is 11.9. The molecule has 3 aromatic carbocycles.